The lowest BCUT2D eigenvalue weighted by Gasteiger charge is -2.32. The van der Waals surface area contributed by atoms with Crippen LogP contribution in [0.25, 0.3) is 0 Å². The fourth-order valence-electron chi connectivity index (χ4n) is 4.26. The third-order valence-electron chi connectivity index (χ3n) is 6.23. The smallest absolute Gasteiger partial charge is 0.408 e. The first-order chi connectivity index (χ1) is 18.6. The van der Waals surface area contributed by atoms with Gasteiger partial charge in [0.25, 0.3) is 5.91 Å². The number of hydrogen-bond donors (Lipinski definition) is 2. The van der Waals surface area contributed by atoms with Crippen LogP contribution in [0, 0.1) is 19.3 Å². The molecule has 0 bridgehead atoms. The van der Waals surface area contributed by atoms with Crippen molar-refractivity contribution in [2.75, 3.05) is 18.4 Å². The third kappa shape index (κ3) is 10.5. The lowest BCUT2D eigenvalue weighted by molar-refractivity contribution is -0.138. The van der Waals surface area contributed by atoms with Crippen molar-refractivity contribution in [2.45, 2.75) is 84.8 Å². The van der Waals surface area contributed by atoms with Gasteiger partial charge in [-0.05, 0) is 57.4 Å². The second-order valence-corrected chi connectivity index (χ2v) is 10.6. The van der Waals surface area contributed by atoms with E-state index >= 15 is 0 Å². The van der Waals surface area contributed by atoms with Gasteiger partial charge >= 0.3 is 6.09 Å². The molecule has 2 N–H and O–H groups in total. The number of nitrogens with one attached hydrogen (secondary N) is 2. The highest BCUT2D eigenvalue weighted by molar-refractivity contribution is 5.99. The Kier molecular flexibility index (Phi) is 12.6. The highest BCUT2D eigenvalue weighted by atomic mass is 16.6. The Labute approximate surface area is 233 Å². The molecule has 210 valence electrons. The molecule has 2 rings (SSSR count). The molecule has 2 aromatic carbocycles. The van der Waals surface area contributed by atoms with Crippen LogP contribution in [0.2, 0.25) is 0 Å². The minimum atomic E-state index is -0.986. The fourth-order valence-corrected chi connectivity index (χ4v) is 4.26. The molecule has 7 heteroatoms. The summed E-state index contributed by atoms with van der Waals surface area (Å²) in [6, 6.07) is 13.6. The van der Waals surface area contributed by atoms with Crippen molar-refractivity contribution in [3.8, 4) is 12.3 Å². The molecule has 39 heavy (non-hydrogen) atoms. The topological polar surface area (TPSA) is 87.7 Å². The molecule has 1 atom stereocenters. The highest BCUT2D eigenvalue weighted by Gasteiger charge is 2.33. The van der Waals surface area contributed by atoms with Crippen molar-refractivity contribution < 1.29 is 19.1 Å². The van der Waals surface area contributed by atoms with Gasteiger partial charge in [0, 0.05) is 17.8 Å². The molecule has 0 aromatic heterocycles. The number of hydrogen-bond acceptors (Lipinski definition) is 4. The average molecular weight is 534 g/mol. The van der Waals surface area contributed by atoms with E-state index in [1.807, 2.05) is 31.2 Å². The third-order valence-corrected chi connectivity index (χ3v) is 6.23. The van der Waals surface area contributed by atoms with E-state index < -0.39 is 23.6 Å². The summed E-state index contributed by atoms with van der Waals surface area (Å²) in [7, 11) is 0. The van der Waals surface area contributed by atoms with E-state index in [2.05, 4.69) is 23.5 Å². The Bertz CT molecular complexity index is 1150. The Hall–Kier alpha value is -3.79. The van der Waals surface area contributed by atoms with Crippen LogP contribution in [0.15, 0.2) is 48.5 Å². The highest BCUT2D eigenvalue weighted by Crippen LogP contribution is 2.28. The summed E-state index contributed by atoms with van der Waals surface area (Å²) in [6.07, 6.45) is 11.2. The predicted octanol–water partition coefficient (Wildman–Crippen LogP) is 6.37. The van der Waals surface area contributed by atoms with E-state index in [1.165, 1.54) is 11.3 Å². The van der Waals surface area contributed by atoms with Gasteiger partial charge in [-0.1, -0.05) is 81.3 Å². The van der Waals surface area contributed by atoms with Crippen LogP contribution < -0.4 is 10.6 Å². The van der Waals surface area contributed by atoms with E-state index in [4.69, 9.17) is 11.2 Å². The van der Waals surface area contributed by atoms with Gasteiger partial charge in [0.1, 0.15) is 18.2 Å². The number of aryl methyl sites for hydroxylation is 1. The van der Waals surface area contributed by atoms with Crippen molar-refractivity contribution in [1.29, 1.82) is 0 Å². The van der Waals surface area contributed by atoms with Gasteiger partial charge < -0.3 is 20.3 Å². The number of anilines is 1. The second-order valence-electron chi connectivity index (χ2n) is 10.6. The SMILES string of the molecule is C#Cc1ccccc1C(C(=O)Nc1ccccc1C)N(CCCCCCCC)C(=O)CNC(=O)OC(C)(C)C. The monoisotopic (exact) mass is 533 g/mol. The van der Waals surface area contributed by atoms with Gasteiger partial charge in [-0.15, -0.1) is 6.42 Å². The normalized spacial score (nSPS) is 11.7. The minimum Gasteiger partial charge on any atom is -0.444 e. The number of ether oxygens (including phenoxy) is 1. The van der Waals surface area contributed by atoms with E-state index in [9.17, 15) is 14.4 Å². The molecule has 0 heterocycles. The number of amides is 3. The van der Waals surface area contributed by atoms with Crippen LogP contribution in [0.5, 0.6) is 0 Å². The number of benzene rings is 2. The summed E-state index contributed by atoms with van der Waals surface area (Å²) in [4.78, 5) is 41.4. The number of terminal acetylenes is 1. The molecule has 0 saturated carbocycles. The molecule has 0 radical (unpaired) electrons. The second kappa shape index (κ2) is 15.6. The molecule has 3 amide bonds. The quantitative estimate of drug-likeness (QED) is 0.231. The molecule has 2 aromatic rings. The number of carbonyl (C=O) groups is 3. The molecule has 0 saturated heterocycles. The van der Waals surface area contributed by atoms with Gasteiger partial charge in [0.15, 0.2) is 0 Å². The maximum Gasteiger partial charge on any atom is 0.408 e. The van der Waals surface area contributed by atoms with Crippen LogP contribution in [0.3, 0.4) is 0 Å². The average Bonchev–Trinajstić information content (AvgIpc) is 2.89. The van der Waals surface area contributed by atoms with Crippen molar-refractivity contribution in [3.63, 3.8) is 0 Å². The summed E-state index contributed by atoms with van der Waals surface area (Å²) in [6.45, 7) is 9.36. The molecular formula is C32H43N3O4. The van der Waals surface area contributed by atoms with Crippen LogP contribution in [0.1, 0.15) is 89.0 Å². The zero-order valence-corrected chi connectivity index (χ0v) is 24.0. The van der Waals surface area contributed by atoms with Crippen molar-refractivity contribution in [1.82, 2.24) is 10.2 Å². The largest absolute Gasteiger partial charge is 0.444 e. The Balaban J connectivity index is 2.40. The molecule has 0 aliphatic heterocycles. The Morgan fingerprint density at radius 2 is 1.62 bits per heavy atom. The summed E-state index contributed by atoms with van der Waals surface area (Å²) in [5.74, 6) is 1.89. The molecular weight excluding hydrogens is 490 g/mol. The minimum absolute atomic E-state index is 0.308. The number of carbonyl (C=O) groups excluding carboxylic acids is 3. The van der Waals surface area contributed by atoms with E-state index in [-0.39, 0.29) is 12.5 Å². The van der Waals surface area contributed by atoms with Gasteiger partial charge in [-0.2, -0.15) is 0 Å². The predicted molar refractivity (Wildman–Crippen MR) is 156 cm³/mol. The molecule has 0 spiro atoms. The van der Waals surface area contributed by atoms with Gasteiger partial charge in [-0.3, -0.25) is 9.59 Å². The van der Waals surface area contributed by atoms with Gasteiger partial charge in [-0.25, -0.2) is 4.79 Å². The summed E-state index contributed by atoms with van der Waals surface area (Å²) >= 11 is 0. The Morgan fingerprint density at radius 1 is 0.974 bits per heavy atom. The fraction of sp³-hybridized carbons (Fsp3) is 0.469. The van der Waals surface area contributed by atoms with Crippen LogP contribution >= 0.6 is 0 Å². The molecule has 1 unspecified atom stereocenters. The number of nitrogens with zero attached hydrogens (tertiary/aromatic N) is 1. The van der Waals surface area contributed by atoms with E-state index in [0.29, 0.717) is 29.8 Å². The zero-order chi connectivity index (χ0) is 28.8. The summed E-state index contributed by atoms with van der Waals surface area (Å²) in [5, 5.41) is 5.54. The van der Waals surface area contributed by atoms with Crippen molar-refractivity contribution in [2.24, 2.45) is 0 Å². The van der Waals surface area contributed by atoms with E-state index in [1.54, 1.807) is 45.0 Å². The Morgan fingerprint density at radius 3 is 2.28 bits per heavy atom. The van der Waals surface area contributed by atoms with Gasteiger partial charge in [0.05, 0.1) is 0 Å². The lowest BCUT2D eigenvalue weighted by Crippen LogP contribution is -2.47. The number of unbranched alkanes of at least 4 members (excludes halogenated alkanes) is 5. The standard InChI is InChI=1S/C32H43N3O4/c1-7-9-10-11-12-17-22-35(28(36)23-33-31(38)39-32(4,5)6)29(26-20-15-14-19-25(26)8-2)30(37)34-27-21-16-13-18-24(27)3/h2,13-16,18-21,29H,7,9-12,17,22-23H2,1,3-6H3,(H,33,38)(H,34,37). The van der Waals surface area contributed by atoms with Crippen LogP contribution in [-0.2, 0) is 14.3 Å². The van der Waals surface area contributed by atoms with Gasteiger partial charge in [0.2, 0.25) is 5.91 Å². The van der Waals surface area contributed by atoms with Crippen LogP contribution in [-0.4, -0.2) is 41.5 Å². The molecule has 7 nitrogen and oxygen atoms in total. The molecule has 0 aliphatic carbocycles. The zero-order valence-electron chi connectivity index (χ0n) is 24.0. The number of para-hydroxylation sites is 1. The summed E-state index contributed by atoms with van der Waals surface area (Å²) in [5.41, 5.74) is 1.94. The first-order valence-electron chi connectivity index (χ1n) is 13.8. The first-order valence-corrected chi connectivity index (χ1v) is 13.8. The van der Waals surface area contributed by atoms with Crippen LogP contribution in [0.4, 0.5) is 10.5 Å². The maximum atomic E-state index is 13.9. The van der Waals surface area contributed by atoms with Crippen molar-refractivity contribution in [3.05, 3.63) is 65.2 Å². The molecule has 0 fully saturated rings. The summed E-state index contributed by atoms with van der Waals surface area (Å²) < 4.78 is 5.30. The maximum absolute atomic E-state index is 13.9. The number of alkyl carbamates (subject to hydrolysis) is 1. The first kappa shape index (κ1) is 31.4. The van der Waals surface area contributed by atoms with E-state index in [0.717, 1.165) is 31.2 Å². The van der Waals surface area contributed by atoms with Crippen molar-refractivity contribution >= 4 is 23.6 Å². The number of rotatable bonds is 13. The lowest BCUT2D eigenvalue weighted by atomic mass is 9.97. The molecule has 0 aliphatic rings.